The molecular formula is C18H23N5O3S. The average molecular weight is 389 g/mol. The SMILES string of the molecule is Cc1ccc(N2CCC(C(=O)Nc3cccc(NS(C)(=O)=O)c3)CC2)nn1. The highest BCUT2D eigenvalue weighted by Crippen LogP contribution is 2.23. The van der Waals surface area contributed by atoms with Crippen molar-refractivity contribution in [3.63, 3.8) is 0 Å². The van der Waals surface area contributed by atoms with Gasteiger partial charge in [0.05, 0.1) is 17.6 Å². The van der Waals surface area contributed by atoms with Crippen molar-refractivity contribution in [1.82, 2.24) is 10.2 Å². The molecule has 0 bridgehead atoms. The number of hydrogen-bond acceptors (Lipinski definition) is 6. The molecule has 0 saturated carbocycles. The van der Waals surface area contributed by atoms with Gasteiger partial charge >= 0.3 is 0 Å². The predicted octanol–water partition coefficient (Wildman–Crippen LogP) is 2.01. The highest BCUT2D eigenvalue weighted by molar-refractivity contribution is 7.92. The van der Waals surface area contributed by atoms with Gasteiger partial charge in [-0.15, -0.1) is 5.10 Å². The highest BCUT2D eigenvalue weighted by atomic mass is 32.2. The number of sulfonamides is 1. The maximum atomic E-state index is 12.6. The molecular weight excluding hydrogens is 366 g/mol. The summed E-state index contributed by atoms with van der Waals surface area (Å²) in [6, 6.07) is 10.6. The summed E-state index contributed by atoms with van der Waals surface area (Å²) in [5, 5.41) is 11.2. The van der Waals surface area contributed by atoms with Crippen LogP contribution < -0.4 is 14.9 Å². The number of hydrogen-bond donors (Lipinski definition) is 2. The standard InChI is InChI=1S/C18H23N5O3S/c1-13-6-7-17(21-20-13)23-10-8-14(9-11-23)18(24)19-15-4-3-5-16(12-15)22-27(2,25)26/h3-7,12,14,22H,8-11H2,1-2H3,(H,19,24). The normalized spacial score (nSPS) is 15.4. The largest absolute Gasteiger partial charge is 0.355 e. The Hall–Kier alpha value is -2.68. The molecule has 1 aromatic carbocycles. The Kier molecular flexibility index (Phi) is 5.59. The van der Waals surface area contributed by atoms with Crippen LogP contribution in [0.4, 0.5) is 17.2 Å². The number of aromatic nitrogens is 2. The van der Waals surface area contributed by atoms with Crippen molar-refractivity contribution >= 4 is 33.1 Å². The van der Waals surface area contributed by atoms with E-state index in [4.69, 9.17) is 0 Å². The van der Waals surface area contributed by atoms with E-state index in [2.05, 4.69) is 25.1 Å². The lowest BCUT2D eigenvalue weighted by Gasteiger charge is -2.31. The minimum Gasteiger partial charge on any atom is -0.355 e. The summed E-state index contributed by atoms with van der Waals surface area (Å²) in [5.74, 6) is 0.686. The van der Waals surface area contributed by atoms with Crippen LogP contribution in [0.15, 0.2) is 36.4 Å². The number of amides is 1. The van der Waals surface area contributed by atoms with Gasteiger partial charge in [-0.1, -0.05) is 6.07 Å². The van der Waals surface area contributed by atoms with Crippen molar-refractivity contribution in [2.75, 3.05) is 34.3 Å². The number of rotatable bonds is 5. The van der Waals surface area contributed by atoms with Crippen LogP contribution in [0.5, 0.6) is 0 Å². The van der Waals surface area contributed by atoms with Crippen molar-refractivity contribution in [2.45, 2.75) is 19.8 Å². The first-order valence-electron chi connectivity index (χ1n) is 8.74. The number of aryl methyl sites for hydroxylation is 1. The Morgan fingerprint density at radius 3 is 2.44 bits per heavy atom. The Morgan fingerprint density at radius 2 is 1.81 bits per heavy atom. The number of carbonyl (C=O) groups is 1. The molecule has 1 aromatic heterocycles. The van der Waals surface area contributed by atoms with Crippen LogP contribution in [0, 0.1) is 12.8 Å². The molecule has 9 heteroatoms. The van der Waals surface area contributed by atoms with Gasteiger partial charge < -0.3 is 10.2 Å². The lowest BCUT2D eigenvalue weighted by Crippen LogP contribution is -2.38. The predicted molar refractivity (Wildman–Crippen MR) is 105 cm³/mol. The minimum atomic E-state index is -3.36. The Bertz CT molecular complexity index is 907. The molecule has 0 radical (unpaired) electrons. The first-order valence-corrected chi connectivity index (χ1v) is 10.6. The number of anilines is 3. The van der Waals surface area contributed by atoms with Gasteiger partial charge in [0.1, 0.15) is 0 Å². The second kappa shape index (κ2) is 7.91. The molecule has 1 aliphatic heterocycles. The van der Waals surface area contributed by atoms with E-state index in [1.807, 2.05) is 19.1 Å². The molecule has 2 heterocycles. The summed E-state index contributed by atoms with van der Waals surface area (Å²) in [6.45, 7) is 3.38. The molecule has 8 nitrogen and oxygen atoms in total. The minimum absolute atomic E-state index is 0.0545. The topological polar surface area (TPSA) is 104 Å². The second-order valence-corrected chi connectivity index (χ2v) is 8.49. The van der Waals surface area contributed by atoms with E-state index in [0.717, 1.165) is 43.7 Å². The lowest BCUT2D eigenvalue weighted by atomic mass is 9.96. The third kappa shape index (κ3) is 5.40. The van der Waals surface area contributed by atoms with E-state index in [1.54, 1.807) is 24.3 Å². The quantitative estimate of drug-likeness (QED) is 0.811. The molecule has 1 fully saturated rings. The second-order valence-electron chi connectivity index (χ2n) is 6.74. The van der Waals surface area contributed by atoms with Gasteiger partial charge in [0.25, 0.3) is 0 Å². The highest BCUT2D eigenvalue weighted by Gasteiger charge is 2.25. The number of benzene rings is 1. The molecule has 2 aromatic rings. The molecule has 0 atom stereocenters. The van der Waals surface area contributed by atoms with E-state index < -0.39 is 10.0 Å². The number of piperidine rings is 1. The fourth-order valence-corrected chi connectivity index (χ4v) is 3.61. The molecule has 0 spiro atoms. The van der Waals surface area contributed by atoms with Crippen molar-refractivity contribution < 1.29 is 13.2 Å². The fourth-order valence-electron chi connectivity index (χ4n) is 3.05. The maximum Gasteiger partial charge on any atom is 0.229 e. The van der Waals surface area contributed by atoms with Gasteiger partial charge in [-0.25, -0.2) is 8.42 Å². The van der Waals surface area contributed by atoms with Gasteiger partial charge in [0, 0.05) is 24.7 Å². The van der Waals surface area contributed by atoms with E-state index in [9.17, 15) is 13.2 Å². The van der Waals surface area contributed by atoms with Crippen LogP contribution in [-0.2, 0) is 14.8 Å². The average Bonchev–Trinajstić information content (AvgIpc) is 2.61. The van der Waals surface area contributed by atoms with Crippen molar-refractivity contribution in [3.05, 3.63) is 42.1 Å². The molecule has 1 amide bonds. The molecule has 3 rings (SSSR count). The summed E-state index contributed by atoms with van der Waals surface area (Å²) in [6.07, 6.45) is 2.54. The van der Waals surface area contributed by atoms with Crippen LogP contribution in [-0.4, -0.2) is 43.9 Å². The molecule has 1 saturated heterocycles. The molecule has 1 aliphatic rings. The van der Waals surface area contributed by atoms with Crippen LogP contribution in [0.3, 0.4) is 0 Å². The van der Waals surface area contributed by atoms with Gasteiger partial charge in [-0.2, -0.15) is 5.10 Å². The van der Waals surface area contributed by atoms with Crippen molar-refractivity contribution in [3.8, 4) is 0 Å². The summed E-state index contributed by atoms with van der Waals surface area (Å²) in [5.41, 5.74) is 1.86. The number of nitrogens with zero attached hydrogens (tertiary/aromatic N) is 3. The molecule has 144 valence electrons. The summed E-state index contributed by atoms with van der Waals surface area (Å²) in [7, 11) is -3.36. The molecule has 2 N–H and O–H groups in total. The van der Waals surface area contributed by atoms with Crippen LogP contribution in [0.1, 0.15) is 18.5 Å². The van der Waals surface area contributed by atoms with Crippen LogP contribution in [0.2, 0.25) is 0 Å². The van der Waals surface area contributed by atoms with E-state index in [0.29, 0.717) is 11.4 Å². The summed E-state index contributed by atoms with van der Waals surface area (Å²) < 4.78 is 25.1. The Labute approximate surface area is 159 Å². The van der Waals surface area contributed by atoms with Crippen LogP contribution >= 0.6 is 0 Å². The Balaban J connectivity index is 1.57. The first-order chi connectivity index (χ1) is 12.8. The zero-order chi connectivity index (χ0) is 19.4. The summed E-state index contributed by atoms with van der Waals surface area (Å²) >= 11 is 0. The van der Waals surface area contributed by atoms with Crippen molar-refractivity contribution in [1.29, 1.82) is 0 Å². The monoisotopic (exact) mass is 389 g/mol. The van der Waals surface area contributed by atoms with Gasteiger partial charge in [-0.05, 0) is 50.1 Å². The molecule has 0 unspecified atom stereocenters. The van der Waals surface area contributed by atoms with Gasteiger partial charge in [0.2, 0.25) is 15.9 Å². The zero-order valence-electron chi connectivity index (χ0n) is 15.3. The number of nitrogens with one attached hydrogen (secondary N) is 2. The van der Waals surface area contributed by atoms with Crippen LogP contribution in [0.25, 0.3) is 0 Å². The first kappa shape index (κ1) is 19.1. The van der Waals surface area contributed by atoms with Crippen molar-refractivity contribution in [2.24, 2.45) is 5.92 Å². The smallest absolute Gasteiger partial charge is 0.229 e. The lowest BCUT2D eigenvalue weighted by molar-refractivity contribution is -0.120. The fraction of sp³-hybridized carbons (Fsp3) is 0.389. The van der Waals surface area contributed by atoms with E-state index in [1.165, 1.54) is 0 Å². The van der Waals surface area contributed by atoms with Gasteiger partial charge in [-0.3, -0.25) is 9.52 Å². The molecule has 27 heavy (non-hydrogen) atoms. The Morgan fingerprint density at radius 1 is 1.11 bits per heavy atom. The van der Waals surface area contributed by atoms with E-state index >= 15 is 0 Å². The zero-order valence-corrected chi connectivity index (χ0v) is 16.2. The third-order valence-electron chi connectivity index (χ3n) is 4.41. The maximum absolute atomic E-state index is 12.6. The molecule has 0 aliphatic carbocycles. The third-order valence-corrected chi connectivity index (χ3v) is 5.01. The van der Waals surface area contributed by atoms with E-state index in [-0.39, 0.29) is 11.8 Å². The number of carbonyl (C=O) groups excluding carboxylic acids is 1. The van der Waals surface area contributed by atoms with Gasteiger partial charge in [0.15, 0.2) is 5.82 Å². The summed E-state index contributed by atoms with van der Waals surface area (Å²) in [4.78, 5) is 14.7.